The number of carbonyl (C=O) groups is 1. The highest BCUT2D eigenvalue weighted by atomic mass is 19.3. The number of alkyl halides is 2. The minimum Gasteiger partial charge on any atom is -0.385 e. The van der Waals surface area contributed by atoms with Gasteiger partial charge in [0.25, 0.3) is 5.91 Å². The summed E-state index contributed by atoms with van der Waals surface area (Å²) in [5, 5.41) is 11.0. The van der Waals surface area contributed by atoms with Crippen LogP contribution >= 0.6 is 0 Å². The van der Waals surface area contributed by atoms with Crippen molar-refractivity contribution < 1.29 is 23.4 Å². The number of aliphatic hydroxyl groups excluding tert-OH is 1. The molecule has 4 N–H and O–H groups in total. The van der Waals surface area contributed by atoms with Gasteiger partial charge in [-0.25, -0.2) is 0 Å². The van der Waals surface area contributed by atoms with Crippen LogP contribution in [0.1, 0.15) is 0 Å². The molecule has 8 heteroatoms. The average Bonchev–Trinajstić information content (AvgIpc) is 2.38. The van der Waals surface area contributed by atoms with Gasteiger partial charge >= 0.3 is 5.92 Å². The van der Waals surface area contributed by atoms with E-state index in [4.69, 9.17) is 15.6 Å². The van der Waals surface area contributed by atoms with Crippen LogP contribution in [0, 0.1) is 0 Å². The second kappa shape index (κ2) is 6.93. The molecule has 1 unspecified atom stereocenters. The van der Waals surface area contributed by atoms with Crippen LogP contribution < -0.4 is 11.1 Å². The summed E-state index contributed by atoms with van der Waals surface area (Å²) < 4.78 is 31.5. The number of carbonyl (C=O) groups excluding carboxylic acids is 1. The Balaban J connectivity index is 2.27. The standard InChI is InChI=1S/C10H19F2N3O3/c11-10(12,8(16)7-13)9(17)14-1-2-15-3-5-18-6-4-15/h8,16H,1-7,13H2,(H,14,17). The van der Waals surface area contributed by atoms with Crippen LogP contribution in [-0.2, 0) is 9.53 Å². The van der Waals surface area contributed by atoms with Crippen molar-refractivity contribution in [2.75, 3.05) is 45.9 Å². The third kappa shape index (κ3) is 4.13. The van der Waals surface area contributed by atoms with Crippen molar-refractivity contribution in [2.45, 2.75) is 12.0 Å². The number of rotatable bonds is 6. The van der Waals surface area contributed by atoms with Crippen LogP contribution in [0.25, 0.3) is 0 Å². The SMILES string of the molecule is NCC(O)C(F)(F)C(=O)NCCN1CCOCC1. The number of nitrogens with two attached hydrogens (primary N) is 1. The van der Waals surface area contributed by atoms with E-state index >= 15 is 0 Å². The Morgan fingerprint density at radius 1 is 1.50 bits per heavy atom. The van der Waals surface area contributed by atoms with Crippen molar-refractivity contribution in [3.05, 3.63) is 0 Å². The smallest absolute Gasteiger partial charge is 0.350 e. The summed E-state index contributed by atoms with van der Waals surface area (Å²) in [5.41, 5.74) is 4.91. The molecule has 0 radical (unpaired) electrons. The quantitative estimate of drug-likeness (QED) is 0.539. The van der Waals surface area contributed by atoms with Gasteiger partial charge in [-0.2, -0.15) is 8.78 Å². The Kier molecular flexibility index (Phi) is 5.86. The van der Waals surface area contributed by atoms with Crippen LogP contribution in [0.5, 0.6) is 0 Å². The number of ether oxygens (including phenoxy) is 1. The molecule has 0 aliphatic carbocycles. The molecule has 6 nitrogen and oxygen atoms in total. The van der Waals surface area contributed by atoms with Crippen molar-refractivity contribution in [1.29, 1.82) is 0 Å². The number of amides is 1. The van der Waals surface area contributed by atoms with Gasteiger partial charge in [-0.3, -0.25) is 9.69 Å². The Hall–Kier alpha value is -0.830. The summed E-state index contributed by atoms with van der Waals surface area (Å²) in [6.45, 7) is 2.57. The molecule has 1 aliphatic rings. The lowest BCUT2D eigenvalue weighted by Gasteiger charge is -2.27. The van der Waals surface area contributed by atoms with Crippen molar-refractivity contribution in [1.82, 2.24) is 10.2 Å². The minimum atomic E-state index is -3.85. The highest BCUT2D eigenvalue weighted by Gasteiger charge is 2.45. The predicted octanol–water partition coefficient (Wildman–Crippen LogP) is -1.61. The van der Waals surface area contributed by atoms with E-state index in [1.165, 1.54) is 0 Å². The number of nitrogens with one attached hydrogen (secondary N) is 1. The molecule has 1 rings (SSSR count). The molecule has 1 fully saturated rings. The van der Waals surface area contributed by atoms with E-state index in [0.717, 1.165) is 13.1 Å². The number of hydrogen-bond donors (Lipinski definition) is 3. The summed E-state index contributed by atoms with van der Waals surface area (Å²) in [4.78, 5) is 13.2. The fourth-order valence-corrected chi connectivity index (χ4v) is 1.57. The molecule has 1 saturated heterocycles. The molecule has 0 aromatic carbocycles. The van der Waals surface area contributed by atoms with Gasteiger partial charge < -0.3 is 20.9 Å². The summed E-state index contributed by atoms with van der Waals surface area (Å²) in [5.74, 6) is -5.34. The van der Waals surface area contributed by atoms with Gasteiger partial charge in [-0.05, 0) is 0 Å². The van der Waals surface area contributed by atoms with Crippen LogP contribution in [0.15, 0.2) is 0 Å². The Labute approximate surface area is 104 Å². The summed E-state index contributed by atoms with van der Waals surface area (Å²) in [7, 11) is 0. The van der Waals surface area contributed by atoms with Crippen LogP contribution in [-0.4, -0.2) is 73.9 Å². The normalized spacial score (nSPS) is 19.6. The third-order valence-corrected chi connectivity index (χ3v) is 2.76. The van der Waals surface area contributed by atoms with E-state index in [2.05, 4.69) is 5.32 Å². The monoisotopic (exact) mass is 267 g/mol. The maximum atomic E-state index is 13.2. The molecule has 0 bridgehead atoms. The number of hydrogen-bond acceptors (Lipinski definition) is 5. The molecule has 1 heterocycles. The van der Waals surface area contributed by atoms with E-state index in [1.54, 1.807) is 0 Å². The highest BCUT2D eigenvalue weighted by molar-refractivity contribution is 5.84. The fourth-order valence-electron chi connectivity index (χ4n) is 1.57. The number of aliphatic hydroxyl groups is 1. The molecule has 18 heavy (non-hydrogen) atoms. The first-order valence-corrected chi connectivity index (χ1v) is 5.83. The summed E-state index contributed by atoms with van der Waals surface area (Å²) >= 11 is 0. The van der Waals surface area contributed by atoms with Gasteiger partial charge in [0.2, 0.25) is 0 Å². The number of halogens is 2. The molecular formula is C10H19F2N3O3. The average molecular weight is 267 g/mol. The molecule has 1 aliphatic heterocycles. The van der Waals surface area contributed by atoms with Gasteiger partial charge in [-0.1, -0.05) is 0 Å². The second-order valence-electron chi connectivity index (χ2n) is 4.08. The Morgan fingerprint density at radius 3 is 2.67 bits per heavy atom. The zero-order valence-electron chi connectivity index (χ0n) is 10.1. The lowest BCUT2D eigenvalue weighted by atomic mass is 10.2. The van der Waals surface area contributed by atoms with E-state index < -0.39 is 24.5 Å². The summed E-state index contributed by atoms with van der Waals surface area (Å²) in [6, 6.07) is 0. The first kappa shape index (κ1) is 15.2. The van der Waals surface area contributed by atoms with Gasteiger partial charge in [0.05, 0.1) is 13.2 Å². The van der Waals surface area contributed by atoms with Crippen molar-refractivity contribution >= 4 is 5.91 Å². The van der Waals surface area contributed by atoms with Crippen LogP contribution in [0.2, 0.25) is 0 Å². The van der Waals surface area contributed by atoms with E-state index in [9.17, 15) is 13.6 Å². The lowest BCUT2D eigenvalue weighted by Crippen LogP contribution is -2.52. The molecule has 106 valence electrons. The molecule has 0 saturated carbocycles. The fraction of sp³-hybridized carbons (Fsp3) is 0.900. The molecular weight excluding hydrogens is 248 g/mol. The first-order chi connectivity index (χ1) is 8.48. The third-order valence-electron chi connectivity index (χ3n) is 2.76. The maximum Gasteiger partial charge on any atom is 0.350 e. The van der Waals surface area contributed by atoms with Gasteiger partial charge in [0.15, 0.2) is 0 Å². The predicted molar refractivity (Wildman–Crippen MR) is 60.3 cm³/mol. The Bertz CT molecular complexity index is 273. The molecule has 1 atom stereocenters. The molecule has 0 spiro atoms. The first-order valence-electron chi connectivity index (χ1n) is 5.83. The topological polar surface area (TPSA) is 87.8 Å². The van der Waals surface area contributed by atoms with E-state index in [-0.39, 0.29) is 6.54 Å². The Morgan fingerprint density at radius 2 is 2.11 bits per heavy atom. The zero-order chi connectivity index (χ0) is 13.6. The number of nitrogens with zero attached hydrogens (tertiary/aromatic N) is 1. The van der Waals surface area contributed by atoms with E-state index in [1.807, 2.05) is 4.90 Å². The van der Waals surface area contributed by atoms with Gasteiger partial charge in [0.1, 0.15) is 6.10 Å². The largest absolute Gasteiger partial charge is 0.385 e. The molecule has 1 amide bonds. The van der Waals surface area contributed by atoms with Crippen molar-refractivity contribution in [2.24, 2.45) is 5.73 Å². The lowest BCUT2D eigenvalue weighted by molar-refractivity contribution is -0.162. The van der Waals surface area contributed by atoms with E-state index in [0.29, 0.717) is 19.8 Å². The van der Waals surface area contributed by atoms with Gasteiger partial charge in [0, 0.05) is 32.7 Å². The highest BCUT2D eigenvalue weighted by Crippen LogP contribution is 2.18. The van der Waals surface area contributed by atoms with Crippen LogP contribution in [0.4, 0.5) is 8.78 Å². The van der Waals surface area contributed by atoms with Crippen LogP contribution in [0.3, 0.4) is 0 Å². The minimum absolute atomic E-state index is 0.103. The number of morpholine rings is 1. The summed E-state index contributed by atoms with van der Waals surface area (Å²) in [6.07, 6.45) is -2.15. The van der Waals surface area contributed by atoms with Crippen molar-refractivity contribution in [3.8, 4) is 0 Å². The maximum absolute atomic E-state index is 13.2. The zero-order valence-corrected chi connectivity index (χ0v) is 10.1. The second-order valence-corrected chi connectivity index (χ2v) is 4.08. The molecule has 0 aromatic rings. The molecule has 0 aromatic heterocycles. The van der Waals surface area contributed by atoms with Gasteiger partial charge in [-0.15, -0.1) is 0 Å². The van der Waals surface area contributed by atoms with Crippen molar-refractivity contribution in [3.63, 3.8) is 0 Å².